The number of aliphatic hydroxyl groups is 1. The lowest BCUT2D eigenvalue weighted by atomic mass is 10.0. The molecule has 4 heteroatoms. The van der Waals surface area contributed by atoms with Crippen LogP contribution in [0.4, 0.5) is 4.39 Å². The van der Waals surface area contributed by atoms with Gasteiger partial charge in [-0.3, -0.25) is 4.68 Å². The molecule has 0 spiro atoms. The van der Waals surface area contributed by atoms with Gasteiger partial charge >= 0.3 is 0 Å². The Morgan fingerprint density at radius 1 is 1.33 bits per heavy atom. The van der Waals surface area contributed by atoms with Crippen LogP contribution >= 0.6 is 0 Å². The topological polar surface area (TPSA) is 38.0 Å². The lowest BCUT2D eigenvalue weighted by molar-refractivity contribution is 0.172. The SMILES string of the molecule is Cc1ccc(F)c(C(O)Cc2ccn(C3CCCC3)n2)c1. The Balaban J connectivity index is 1.72. The van der Waals surface area contributed by atoms with Gasteiger partial charge < -0.3 is 5.11 Å². The fourth-order valence-corrected chi connectivity index (χ4v) is 3.09. The maximum atomic E-state index is 13.8. The van der Waals surface area contributed by atoms with Crippen molar-refractivity contribution >= 4 is 0 Å². The van der Waals surface area contributed by atoms with Gasteiger partial charge in [-0.2, -0.15) is 5.10 Å². The first-order valence-corrected chi connectivity index (χ1v) is 7.61. The second-order valence-corrected chi connectivity index (χ2v) is 5.97. The summed E-state index contributed by atoms with van der Waals surface area (Å²) in [6.07, 6.45) is 6.35. The first-order chi connectivity index (χ1) is 10.1. The Hall–Kier alpha value is -1.68. The molecular formula is C17H21FN2O. The molecule has 0 radical (unpaired) electrons. The number of aromatic nitrogens is 2. The van der Waals surface area contributed by atoms with Gasteiger partial charge in [-0.1, -0.05) is 30.5 Å². The molecule has 0 bridgehead atoms. The standard InChI is InChI=1S/C17H21FN2O/c1-12-6-7-16(18)15(10-12)17(21)11-13-8-9-20(19-13)14-4-2-3-5-14/h6-10,14,17,21H,2-5,11H2,1H3. The molecule has 0 amide bonds. The van der Waals surface area contributed by atoms with Crippen molar-refractivity contribution in [3.63, 3.8) is 0 Å². The third kappa shape index (κ3) is 3.16. The Kier molecular flexibility index (Phi) is 4.06. The van der Waals surface area contributed by atoms with E-state index in [0.717, 1.165) is 11.3 Å². The van der Waals surface area contributed by atoms with Crippen LogP contribution in [0.2, 0.25) is 0 Å². The minimum atomic E-state index is -0.850. The Morgan fingerprint density at radius 3 is 2.86 bits per heavy atom. The van der Waals surface area contributed by atoms with Gasteiger partial charge in [-0.05, 0) is 31.9 Å². The zero-order chi connectivity index (χ0) is 14.8. The first-order valence-electron chi connectivity index (χ1n) is 7.61. The molecule has 1 aliphatic carbocycles. The molecule has 1 heterocycles. The van der Waals surface area contributed by atoms with E-state index in [1.54, 1.807) is 12.1 Å². The summed E-state index contributed by atoms with van der Waals surface area (Å²) in [5, 5.41) is 14.8. The van der Waals surface area contributed by atoms with Crippen LogP contribution in [0.25, 0.3) is 0 Å². The summed E-state index contributed by atoms with van der Waals surface area (Å²) in [5.41, 5.74) is 2.11. The minimum absolute atomic E-state index is 0.347. The molecule has 1 fully saturated rings. The molecule has 0 aliphatic heterocycles. The summed E-state index contributed by atoms with van der Waals surface area (Å²) in [5.74, 6) is -0.358. The van der Waals surface area contributed by atoms with Crippen molar-refractivity contribution < 1.29 is 9.50 Å². The van der Waals surface area contributed by atoms with E-state index in [0.29, 0.717) is 18.0 Å². The predicted molar refractivity (Wildman–Crippen MR) is 79.5 cm³/mol. The van der Waals surface area contributed by atoms with Crippen LogP contribution in [-0.4, -0.2) is 14.9 Å². The maximum Gasteiger partial charge on any atom is 0.129 e. The highest BCUT2D eigenvalue weighted by Crippen LogP contribution is 2.29. The summed E-state index contributed by atoms with van der Waals surface area (Å²) < 4.78 is 15.8. The number of halogens is 1. The zero-order valence-corrected chi connectivity index (χ0v) is 12.3. The quantitative estimate of drug-likeness (QED) is 0.931. The van der Waals surface area contributed by atoms with Crippen molar-refractivity contribution in [1.29, 1.82) is 0 Å². The average molecular weight is 288 g/mol. The molecule has 112 valence electrons. The molecule has 1 unspecified atom stereocenters. The van der Waals surface area contributed by atoms with Crippen molar-refractivity contribution in [2.75, 3.05) is 0 Å². The molecule has 1 aromatic carbocycles. The van der Waals surface area contributed by atoms with Gasteiger partial charge in [0.1, 0.15) is 5.82 Å². The molecule has 1 atom stereocenters. The highest BCUT2D eigenvalue weighted by atomic mass is 19.1. The highest BCUT2D eigenvalue weighted by molar-refractivity contribution is 5.26. The van der Waals surface area contributed by atoms with Crippen molar-refractivity contribution in [3.8, 4) is 0 Å². The monoisotopic (exact) mass is 288 g/mol. The molecule has 21 heavy (non-hydrogen) atoms. The number of aryl methyl sites for hydroxylation is 1. The molecular weight excluding hydrogens is 267 g/mol. The van der Waals surface area contributed by atoms with Crippen molar-refractivity contribution in [1.82, 2.24) is 9.78 Å². The predicted octanol–water partition coefficient (Wildman–Crippen LogP) is 3.72. The number of benzene rings is 1. The second-order valence-electron chi connectivity index (χ2n) is 5.97. The van der Waals surface area contributed by atoms with E-state index >= 15 is 0 Å². The van der Waals surface area contributed by atoms with E-state index in [1.165, 1.54) is 31.7 Å². The van der Waals surface area contributed by atoms with Crippen LogP contribution in [0, 0.1) is 12.7 Å². The van der Waals surface area contributed by atoms with Gasteiger partial charge in [-0.25, -0.2) is 4.39 Å². The van der Waals surface area contributed by atoms with Gasteiger partial charge in [0, 0.05) is 18.2 Å². The summed E-state index contributed by atoms with van der Waals surface area (Å²) in [6, 6.07) is 7.24. The van der Waals surface area contributed by atoms with Crippen molar-refractivity contribution in [2.24, 2.45) is 0 Å². The van der Waals surface area contributed by atoms with E-state index in [9.17, 15) is 9.50 Å². The zero-order valence-electron chi connectivity index (χ0n) is 12.3. The van der Waals surface area contributed by atoms with E-state index in [4.69, 9.17) is 0 Å². The number of rotatable bonds is 4. The highest BCUT2D eigenvalue weighted by Gasteiger charge is 2.19. The first kappa shape index (κ1) is 14.3. The van der Waals surface area contributed by atoms with Gasteiger partial charge in [0.15, 0.2) is 0 Å². The van der Waals surface area contributed by atoms with E-state index in [2.05, 4.69) is 5.10 Å². The molecule has 0 saturated heterocycles. The van der Waals surface area contributed by atoms with Crippen LogP contribution in [0.5, 0.6) is 0 Å². The summed E-state index contributed by atoms with van der Waals surface area (Å²) >= 11 is 0. The number of hydrogen-bond acceptors (Lipinski definition) is 2. The molecule has 1 aliphatic rings. The molecule has 1 aromatic heterocycles. The van der Waals surface area contributed by atoms with Gasteiger partial charge in [0.25, 0.3) is 0 Å². The van der Waals surface area contributed by atoms with Crippen molar-refractivity contribution in [2.45, 2.75) is 51.2 Å². The molecule has 3 nitrogen and oxygen atoms in total. The molecule has 1 N–H and O–H groups in total. The third-order valence-corrected chi connectivity index (χ3v) is 4.28. The van der Waals surface area contributed by atoms with Crippen LogP contribution < -0.4 is 0 Å². The number of nitrogens with zero attached hydrogens (tertiary/aromatic N) is 2. The fourth-order valence-electron chi connectivity index (χ4n) is 3.09. The normalized spacial score (nSPS) is 17.3. The largest absolute Gasteiger partial charge is 0.388 e. The summed E-state index contributed by atoms with van der Waals surface area (Å²) in [7, 11) is 0. The molecule has 1 saturated carbocycles. The van der Waals surface area contributed by atoms with E-state index in [1.807, 2.05) is 23.9 Å². The molecule has 2 aromatic rings. The Morgan fingerprint density at radius 2 is 2.10 bits per heavy atom. The van der Waals surface area contributed by atoms with Crippen LogP contribution in [0.3, 0.4) is 0 Å². The van der Waals surface area contributed by atoms with Crippen LogP contribution in [0.15, 0.2) is 30.5 Å². The summed E-state index contributed by atoms with van der Waals surface area (Å²) in [6.45, 7) is 1.89. The van der Waals surface area contributed by atoms with Crippen LogP contribution in [-0.2, 0) is 6.42 Å². The fraction of sp³-hybridized carbons (Fsp3) is 0.471. The Bertz CT molecular complexity index is 617. The smallest absolute Gasteiger partial charge is 0.129 e. The third-order valence-electron chi connectivity index (χ3n) is 4.28. The maximum absolute atomic E-state index is 13.8. The molecule has 3 rings (SSSR count). The lowest BCUT2D eigenvalue weighted by Gasteiger charge is -2.12. The minimum Gasteiger partial charge on any atom is -0.388 e. The van der Waals surface area contributed by atoms with E-state index in [-0.39, 0.29) is 5.82 Å². The lowest BCUT2D eigenvalue weighted by Crippen LogP contribution is -2.08. The number of aliphatic hydroxyl groups excluding tert-OH is 1. The van der Waals surface area contributed by atoms with Gasteiger partial charge in [-0.15, -0.1) is 0 Å². The van der Waals surface area contributed by atoms with E-state index < -0.39 is 6.10 Å². The Labute approximate surface area is 124 Å². The average Bonchev–Trinajstić information content (AvgIpc) is 3.11. The second kappa shape index (κ2) is 5.98. The van der Waals surface area contributed by atoms with Crippen molar-refractivity contribution in [3.05, 3.63) is 53.1 Å². The van der Waals surface area contributed by atoms with Crippen LogP contribution in [0.1, 0.15) is 54.6 Å². The number of hydrogen-bond donors (Lipinski definition) is 1. The van der Waals surface area contributed by atoms with Gasteiger partial charge in [0.05, 0.1) is 17.8 Å². The van der Waals surface area contributed by atoms with Gasteiger partial charge in [0.2, 0.25) is 0 Å². The summed E-state index contributed by atoms with van der Waals surface area (Å²) in [4.78, 5) is 0.